The summed E-state index contributed by atoms with van der Waals surface area (Å²) in [7, 11) is 0. The number of fused-ring (bicyclic) bond motifs is 5. The van der Waals surface area contributed by atoms with Crippen LogP contribution < -0.4 is 5.32 Å². The van der Waals surface area contributed by atoms with Crippen LogP contribution in [0.3, 0.4) is 0 Å². The number of aliphatic hydroxyl groups is 2. The number of aromatic nitrogens is 1. The zero-order valence-electron chi connectivity index (χ0n) is 24.3. The van der Waals surface area contributed by atoms with Gasteiger partial charge in [-0.25, -0.2) is 0 Å². The Labute approximate surface area is 225 Å². The molecule has 3 fully saturated rings. The number of nitrogens with one attached hydrogen (secondary N) is 1. The molecule has 0 spiro atoms. The van der Waals surface area contributed by atoms with Crippen LogP contribution in [0, 0.1) is 45.3 Å². The summed E-state index contributed by atoms with van der Waals surface area (Å²) in [6.07, 6.45) is 14.6. The first-order valence-electron chi connectivity index (χ1n) is 15.1. The van der Waals surface area contributed by atoms with Crippen molar-refractivity contribution in [3.05, 3.63) is 41.7 Å². The topological polar surface area (TPSA) is 65.4 Å². The molecule has 4 nitrogen and oxygen atoms in total. The molecule has 4 heteroatoms. The highest BCUT2D eigenvalue weighted by Crippen LogP contribution is 2.74. The predicted octanol–water partition coefficient (Wildman–Crippen LogP) is 6.52. The molecule has 4 aliphatic carbocycles. The van der Waals surface area contributed by atoms with Crippen LogP contribution in [0.15, 0.2) is 36.2 Å². The third kappa shape index (κ3) is 4.16. The first-order valence-corrected chi connectivity index (χ1v) is 15.1. The highest BCUT2D eigenvalue weighted by Gasteiger charge is 2.70. The van der Waals surface area contributed by atoms with Crippen molar-refractivity contribution in [2.75, 3.05) is 6.54 Å². The van der Waals surface area contributed by atoms with Gasteiger partial charge in [0.1, 0.15) is 0 Å². The van der Waals surface area contributed by atoms with Gasteiger partial charge in [0, 0.05) is 29.8 Å². The maximum absolute atomic E-state index is 12.0. The number of allylic oxidation sites excluding steroid dienone is 1. The van der Waals surface area contributed by atoms with Crippen molar-refractivity contribution in [2.24, 2.45) is 45.3 Å². The standard InChI is InChI=1S/C33H52N2O2/c1-22(8-7-17-35-21-23-14-18-34-19-15-23)24-13-16-31(4)27-11-9-25-26(10-12-28(36)30(25,2)3)33(27,6)29(37)20-32(24,31)5/h9,14-15,18-19,22,24,26-29,35-37H,7-8,10-13,16-17,20-21H2,1-6H3/t22-,24-,26-,27+,28+,29-,31+,32-,33+/m1/s1. The van der Waals surface area contributed by atoms with Crippen molar-refractivity contribution in [1.29, 1.82) is 0 Å². The van der Waals surface area contributed by atoms with E-state index in [1.807, 2.05) is 12.4 Å². The van der Waals surface area contributed by atoms with Gasteiger partial charge in [0.2, 0.25) is 0 Å². The Balaban J connectivity index is 1.29. The van der Waals surface area contributed by atoms with Crippen molar-refractivity contribution in [1.82, 2.24) is 10.3 Å². The Bertz CT molecular complexity index is 991. The summed E-state index contributed by atoms with van der Waals surface area (Å²) in [5.41, 5.74) is 2.87. The Hall–Kier alpha value is -1.23. The summed E-state index contributed by atoms with van der Waals surface area (Å²) in [6, 6.07) is 4.16. The second-order valence-electron chi connectivity index (χ2n) is 14.5. The van der Waals surface area contributed by atoms with E-state index in [-0.39, 0.29) is 33.9 Å². The Kier molecular flexibility index (Phi) is 7.21. The van der Waals surface area contributed by atoms with Gasteiger partial charge in [-0.15, -0.1) is 0 Å². The summed E-state index contributed by atoms with van der Waals surface area (Å²) in [6.45, 7) is 16.4. The quantitative estimate of drug-likeness (QED) is 0.290. The van der Waals surface area contributed by atoms with Gasteiger partial charge >= 0.3 is 0 Å². The van der Waals surface area contributed by atoms with E-state index in [2.05, 4.69) is 70.1 Å². The molecule has 0 aliphatic heterocycles. The molecule has 5 rings (SSSR count). The van der Waals surface area contributed by atoms with Crippen LogP contribution in [-0.2, 0) is 6.54 Å². The van der Waals surface area contributed by atoms with Crippen LogP contribution in [0.2, 0.25) is 0 Å². The minimum atomic E-state index is -0.273. The van der Waals surface area contributed by atoms with E-state index in [0.29, 0.717) is 23.7 Å². The predicted molar refractivity (Wildman–Crippen MR) is 151 cm³/mol. The van der Waals surface area contributed by atoms with Gasteiger partial charge in [-0.2, -0.15) is 0 Å². The van der Waals surface area contributed by atoms with E-state index < -0.39 is 0 Å². The number of nitrogens with zero attached hydrogens (tertiary/aromatic N) is 1. The molecule has 3 N–H and O–H groups in total. The van der Waals surface area contributed by atoms with Gasteiger partial charge in [-0.05, 0) is 110 Å². The molecule has 1 aromatic heterocycles. The first-order chi connectivity index (χ1) is 17.5. The highest BCUT2D eigenvalue weighted by molar-refractivity contribution is 5.31. The molecule has 3 saturated carbocycles. The van der Waals surface area contributed by atoms with Crippen LogP contribution in [0.25, 0.3) is 0 Å². The fraction of sp³-hybridized carbons (Fsp3) is 0.788. The minimum absolute atomic E-state index is 0.0925. The lowest BCUT2D eigenvalue weighted by molar-refractivity contribution is -0.204. The van der Waals surface area contributed by atoms with E-state index in [1.165, 1.54) is 36.8 Å². The smallest absolute Gasteiger partial charge is 0.0628 e. The Morgan fingerprint density at radius 2 is 1.73 bits per heavy atom. The molecular formula is C33H52N2O2. The number of aliphatic hydroxyl groups excluding tert-OH is 2. The maximum Gasteiger partial charge on any atom is 0.0628 e. The maximum atomic E-state index is 12.0. The third-order valence-corrected chi connectivity index (χ3v) is 12.7. The molecule has 0 amide bonds. The van der Waals surface area contributed by atoms with Gasteiger partial charge in [0.05, 0.1) is 12.2 Å². The number of hydrogen-bond donors (Lipinski definition) is 3. The van der Waals surface area contributed by atoms with E-state index in [4.69, 9.17) is 0 Å². The monoisotopic (exact) mass is 508 g/mol. The summed E-state index contributed by atoms with van der Waals surface area (Å²) >= 11 is 0. The normalized spacial score (nSPS) is 43.4. The van der Waals surface area contributed by atoms with Gasteiger partial charge < -0.3 is 15.5 Å². The lowest BCUT2D eigenvalue weighted by atomic mass is 9.38. The second-order valence-corrected chi connectivity index (χ2v) is 14.5. The van der Waals surface area contributed by atoms with Crippen LogP contribution in [0.4, 0.5) is 0 Å². The molecular weight excluding hydrogens is 456 g/mol. The summed E-state index contributed by atoms with van der Waals surface area (Å²) in [4.78, 5) is 4.11. The summed E-state index contributed by atoms with van der Waals surface area (Å²) < 4.78 is 0. The molecule has 206 valence electrons. The number of pyridine rings is 1. The van der Waals surface area contributed by atoms with Crippen molar-refractivity contribution in [3.8, 4) is 0 Å². The zero-order valence-corrected chi connectivity index (χ0v) is 24.3. The Morgan fingerprint density at radius 1 is 1.00 bits per heavy atom. The minimum Gasteiger partial charge on any atom is -0.393 e. The molecule has 0 aromatic carbocycles. The third-order valence-electron chi connectivity index (χ3n) is 12.7. The zero-order chi connectivity index (χ0) is 26.6. The van der Waals surface area contributed by atoms with E-state index in [9.17, 15) is 10.2 Å². The molecule has 1 heterocycles. The molecule has 0 radical (unpaired) electrons. The number of hydrogen-bond acceptors (Lipinski definition) is 4. The van der Waals surface area contributed by atoms with Crippen LogP contribution in [-0.4, -0.2) is 33.9 Å². The highest BCUT2D eigenvalue weighted by atomic mass is 16.3. The van der Waals surface area contributed by atoms with Gasteiger partial charge in [-0.1, -0.05) is 53.2 Å². The summed E-state index contributed by atoms with van der Waals surface area (Å²) in [5.74, 6) is 2.24. The Morgan fingerprint density at radius 3 is 2.46 bits per heavy atom. The molecule has 4 aliphatic rings. The molecule has 0 unspecified atom stereocenters. The molecule has 0 bridgehead atoms. The molecule has 0 saturated heterocycles. The van der Waals surface area contributed by atoms with Gasteiger partial charge in [0.25, 0.3) is 0 Å². The SMILES string of the molecule is C[C@H](CCCNCc1ccncc1)[C@H]1CC[C@@]2(C)[C@@H]3CC=C4[C@@H](CC[C@H](O)C4(C)C)[C@]3(C)[C@H](O)C[C@]12C. The van der Waals surface area contributed by atoms with E-state index in [1.54, 1.807) is 0 Å². The number of rotatable bonds is 7. The molecule has 1 aromatic rings. The van der Waals surface area contributed by atoms with Gasteiger partial charge in [-0.3, -0.25) is 4.98 Å². The van der Waals surface area contributed by atoms with Crippen molar-refractivity contribution in [3.63, 3.8) is 0 Å². The average Bonchev–Trinajstić information content (AvgIpc) is 3.13. The largest absolute Gasteiger partial charge is 0.393 e. The van der Waals surface area contributed by atoms with Crippen LogP contribution in [0.5, 0.6) is 0 Å². The van der Waals surface area contributed by atoms with E-state index in [0.717, 1.165) is 38.8 Å². The second kappa shape index (κ2) is 9.75. The average molecular weight is 509 g/mol. The van der Waals surface area contributed by atoms with Crippen molar-refractivity contribution < 1.29 is 10.2 Å². The fourth-order valence-electron chi connectivity index (χ4n) is 10.1. The lowest BCUT2D eigenvalue weighted by Crippen LogP contribution is -2.64. The summed E-state index contributed by atoms with van der Waals surface area (Å²) in [5, 5.41) is 26.4. The molecule has 9 atom stereocenters. The van der Waals surface area contributed by atoms with Gasteiger partial charge in [0.15, 0.2) is 0 Å². The van der Waals surface area contributed by atoms with E-state index >= 15 is 0 Å². The fourth-order valence-corrected chi connectivity index (χ4v) is 10.1. The molecule has 37 heavy (non-hydrogen) atoms. The van der Waals surface area contributed by atoms with Crippen LogP contribution >= 0.6 is 0 Å². The lowest BCUT2D eigenvalue weighted by Gasteiger charge is -2.67. The first kappa shape index (κ1) is 27.3. The van der Waals surface area contributed by atoms with Crippen molar-refractivity contribution >= 4 is 0 Å². The van der Waals surface area contributed by atoms with Crippen molar-refractivity contribution in [2.45, 2.75) is 112 Å². The van der Waals surface area contributed by atoms with Crippen LogP contribution in [0.1, 0.15) is 98.5 Å².